The Balaban J connectivity index is 1.50. The van der Waals surface area contributed by atoms with Crippen molar-refractivity contribution in [1.29, 1.82) is 0 Å². The van der Waals surface area contributed by atoms with Crippen molar-refractivity contribution >= 4 is 70.1 Å². The van der Waals surface area contributed by atoms with Crippen molar-refractivity contribution in [2.24, 2.45) is 5.10 Å². The summed E-state index contributed by atoms with van der Waals surface area (Å²) in [6.45, 7) is 0.283. The molecule has 0 unspecified atom stereocenters. The Morgan fingerprint density at radius 2 is 1.66 bits per heavy atom. The van der Waals surface area contributed by atoms with Gasteiger partial charge in [0.15, 0.2) is 0 Å². The standard InChI is InChI=1S/C22H15Cl4N3O3/c23-15-7-6-14(18(25)10-15)12-32-16-8-4-13(5-9-16)11-27-29-22(31)21(30)28-19-3-1-2-17(24)20(19)26/h1-11H,12H2,(H,28,30)(H,29,31)/b27-11-. The zero-order valence-corrected chi connectivity index (χ0v) is 19.3. The molecular weight excluding hydrogens is 496 g/mol. The zero-order chi connectivity index (χ0) is 23.1. The molecule has 3 aromatic rings. The average molecular weight is 511 g/mol. The van der Waals surface area contributed by atoms with Gasteiger partial charge < -0.3 is 10.1 Å². The first kappa shape index (κ1) is 23.9. The Labute approximate surface area is 204 Å². The predicted octanol–water partition coefficient (Wildman–Crippen LogP) is 5.97. The number of carbonyl (C=O) groups is 2. The summed E-state index contributed by atoms with van der Waals surface area (Å²) < 4.78 is 5.70. The molecular formula is C22H15Cl4N3O3. The summed E-state index contributed by atoms with van der Waals surface area (Å²) in [5.41, 5.74) is 3.85. The number of hydrazone groups is 1. The fourth-order valence-corrected chi connectivity index (χ4v) is 3.26. The molecule has 32 heavy (non-hydrogen) atoms. The molecule has 0 heterocycles. The van der Waals surface area contributed by atoms with Gasteiger partial charge in [0.2, 0.25) is 0 Å². The van der Waals surface area contributed by atoms with Crippen LogP contribution in [0.5, 0.6) is 5.75 Å². The van der Waals surface area contributed by atoms with Crippen LogP contribution in [-0.4, -0.2) is 18.0 Å². The lowest BCUT2D eigenvalue weighted by Gasteiger charge is -2.08. The van der Waals surface area contributed by atoms with Crippen LogP contribution in [0.4, 0.5) is 5.69 Å². The minimum absolute atomic E-state index is 0.138. The van der Waals surface area contributed by atoms with E-state index in [2.05, 4.69) is 15.8 Å². The SMILES string of the molecule is O=C(N/N=C\c1ccc(OCc2ccc(Cl)cc2Cl)cc1)C(=O)Nc1cccc(Cl)c1Cl. The lowest BCUT2D eigenvalue weighted by molar-refractivity contribution is -0.136. The Bertz CT molecular complexity index is 1170. The monoisotopic (exact) mass is 509 g/mol. The number of halogens is 4. The summed E-state index contributed by atoms with van der Waals surface area (Å²) in [6.07, 6.45) is 1.39. The van der Waals surface area contributed by atoms with Crippen molar-refractivity contribution in [2.45, 2.75) is 6.61 Å². The Hall–Kier alpha value is -2.77. The van der Waals surface area contributed by atoms with E-state index >= 15 is 0 Å². The predicted molar refractivity (Wildman–Crippen MR) is 128 cm³/mol. The maximum absolute atomic E-state index is 12.0. The number of nitrogens with zero attached hydrogens (tertiary/aromatic N) is 1. The molecule has 0 saturated carbocycles. The highest BCUT2D eigenvalue weighted by Crippen LogP contribution is 2.29. The van der Waals surface area contributed by atoms with E-state index in [-0.39, 0.29) is 22.3 Å². The number of hydrogen-bond donors (Lipinski definition) is 2. The second kappa shape index (κ2) is 11.2. The van der Waals surface area contributed by atoms with Gasteiger partial charge in [0.05, 0.1) is 21.9 Å². The van der Waals surface area contributed by atoms with Crippen LogP contribution < -0.4 is 15.5 Å². The average Bonchev–Trinajstić information content (AvgIpc) is 2.77. The van der Waals surface area contributed by atoms with Crippen LogP contribution in [0.2, 0.25) is 20.1 Å². The van der Waals surface area contributed by atoms with Gasteiger partial charge in [-0.25, -0.2) is 5.43 Å². The van der Waals surface area contributed by atoms with Crippen LogP contribution in [0, 0.1) is 0 Å². The highest BCUT2D eigenvalue weighted by molar-refractivity contribution is 6.45. The van der Waals surface area contributed by atoms with Crippen LogP contribution in [0.25, 0.3) is 0 Å². The molecule has 3 aromatic carbocycles. The zero-order valence-electron chi connectivity index (χ0n) is 16.2. The third-order valence-electron chi connectivity index (χ3n) is 4.08. The number of ether oxygens (including phenoxy) is 1. The molecule has 0 spiro atoms. The summed E-state index contributed by atoms with van der Waals surface area (Å²) >= 11 is 23.9. The van der Waals surface area contributed by atoms with Crippen LogP contribution in [0.3, 0.4) is 0 Å². The van der Waals surface area contributed by atoms with E-state index < -0.39 is 11.8 Å². The van der Waals surface area contributed by atoms with E-state index in [1.807, 2.05) is 0 Å². The largest absolute Gasteiger partial charge is 0.489 e. The topological polar surface area (TPSA) is 79.8 Å². The third-order valence-corrected chi connectivity index (χ3v) is 5.48. The lowest BCUT2D eigenvalue weighted by Crippen LogP contribution is -2.32. The summed E-state index contributed by atoms with van der Waals surface area (Å²) in [5, 5.41) is 7.62. The van der Waals surface area contributed by atoms with Gasteiger partial charge in [0.1, 0.15) is 12.4 Å². The van der Waals surface area contributed by atoms with Crippen molar-refractivity contribution in [2.75, 3.05) is 5.32 Å². The number of amides is 2. The molecule has 0 radical (unpaired) electrons. The van der Waals surface area contributed by atoms with E-state index in [1.54, 1.807) is 54.6 Å². The van der Waals surface area contributed by atoms with Crippen LogP contribution in [-0.2, 0) is 16.2 Å². The first-order chi connectivity index (χ1) is 15.3. The van der Waals surface area contributed by atoms with Crippen LogP contribution in [0.1, 0.15) is 11.1 Å². The minimum Gasteiger partial charge on any atom is -0.489 e. The maximum atomic E-state index is 12.0. The van der Waals surface area contributed by atoms with E-state index in [1.165, 1.54) is 12.3 Å². The first-order valence-corrected chi connectivity index (χ1v) is 10.6. The number of nitrogens with one attached hydrogen (secondary N) is 2. The van der Waals surface area contributed by atoms with Crippen LogP contribution >= 0.6 is 46.4 Å². The van der Waals surface area contributed by atoms with Gasteiger partial charge in [-0.1, -0.05) is 58.5 Å². The fourth-order valence-electron chi connectivity index (χ4n) is 2.45. The summed E-state index contributed by atoms with van der Waals surface area (Å²) in [7, 11) is 0. The summed E-state index contributed by atoms with van der Waals surface area (Å²) in [6, 6.07) is 16.8. The van der Waals surface area contributed by atoms with E-state index in [4.69, 9.17) is 51.1 Å². The van der Waals surface area contributed by atoms with E-state index in [0.717, 1.165) is 5.56 Å². The lowest BCUT2D eigenvalue weighted by atomic mass is 10.2. The third kappa shape index (κ3) is 6.61. The first-order valence-electron chi connectivity index (χ1n) is 9.08. The molecule has 164 valence electrons. The molecule has 3 rings (SSSR count). The number of benzene rings is 3. The van der Waals surface area contributed by atoms with Crippen molar-refractivity contribution < 1.29 is 14.3 Å². The van der Waals surface area contributed by atoms with Gasteiger partial charge in [-0.3, -0.25) is 9.59 Å². The van der Waals surface area contributed by atoms with Crippen LogP contribution in [0.15, 0.2) is 65.8 Å². The van der Waals surface area contributed by atoms with Crippen molar-refractivity contribution in [3.8, 4) is 5.75 Å². The van der Waals surface area contributed by atoms with Gasteiger partial charge in [-0.05, 0) is 54.1 Å². The smallest absolute Gasteiger partial charge is 0.329 e. The molecule has 0 saturated heterocycles. The highest BCUT2D eigenvalue weighted by Gasteiger charge is 2.15. The second-order valence-electron chi connectivity index (χ2n) is 6.35. The van der Waals surface area contributed by atoms with Gasteiger partial charge >= 0.3 is 11.8 Å². The number of carbonyl (C=O) groups excluding carboxylic acids is 2. The van der Waals surface area contributed by atoms with Gasteiger partial charge in [-0.15, -0.1) is 0 Å². The molecule has 0 fully saturated rings. The molecule has 2 N–H and O–H groups in total. The molecule has 10 heteroatoms. The summed E-state index contributed by atoms with van der Waals surface area (Å²) in [5.74, 6) is -1.28. The Morgan fingerprint density at radius 1 is 0.906 bits per heavy atom. The number of hydrogen-bond acceptors (Lipinski definition) is 4. The molecule has 0 aliphatic carbocycles. The second-order valence-corrected chi connectivity index (χ2v) is 7.98. The maximum Gasteiger partial charge on any atom is 0.329 e. The van der Waals surface area contributed by atoms with E-state index in [0.29, 0.717) is 21.4 Å². The minimum atomic E-state index is -0.961. The molecule has 6 nitrogen and oxygen atoms in total. The number of rotatable bonds is 6. The van der Waals surface area contributed by atoms with Gasteiger partial charge in [-0.2, -0.15) is 5.10 Å². The van der Waals surface area contributed by atoms with Gasteiger partial charge in [0.25, 0.3) is 0 Å². The van der Waals surface area contributed by atoms with Crippen molar-refractivity contribution in [3.05, 3.63) is 91.9 Å². The van der Waals surface area contributed by atoms with E-state index in [9.17, 15) is 9.59 Å². The Morgan fingerprint density at radius 3 is 2.38 bits per heavy atom. The van der Waals surface area contributed by atoms with Gasteiger partial charge in [0, 0.05) is 15.6 Å². The quantitative estimate of drug-likeness (QED) is 0.243. The Kier molecular flexibility index (Phi) is 8.36. The highest BCUT2D eigenvalue weighted by atomic mass is 35.5. The van der Waals surface area contributed by atoms with Crippen molar-refractivity contribution in [1.82, 2.24) is 5.43 Å². The fraction of sp³-hybridized carbons (Fsp3) is 0.0455. The number of anilines is 1. The normalized spacial score (nSPS) is 10.8. The van der Waals surface area contributed by atoms with Crippen molar-refractivity contribution in [3.63, 3.8) is 0 Å². The molecule has 0 bridgehead atoms. The molecule has 0 aromatic heterocycles. The molecule has 2 amide bonds. The molecule has 0 aliphatic rings. The summed E-state index contributed by atoms with van der Waals surface area (Å²) in [4.78, 5) is 23.9. The molecule has 0 aliphatic heterocycles. The molecule has 0 atom stereocenters.